The highest BCUT2D eigenvalue weighted by Gasteiger charge is 2.17. The lowest BCUT2D eigenvalue weighted by Crippen LogP contribution is -2.04. The van der Waals surface area contributed by atoms with Crippen LogP contribution in [0.1, 0.15) is 0 Å². The van der Waals surface area contributed by atoms with Crippen molar-refractivity contribution in [2.24, 2.45) is 0 Å². The third-order valence-electron chi connectivity index (χ3n) is 4.89. The Morgan fingerprint density at radius 2 is 1.78 bits per heavy atom. The van der Waals surface area contributed by atoms with Crippen molar-refractivity contribution in [2.45, 2.75) is 0 Å². The fourth-order valence-electron chi connectivity index (χ4n) is 3.41. The number of aromatic nitrogens is 6. The minimum Gasteiger partial charge on any atom is -0.454 e. The summed E-state index contributed by atoms with van der Waals surface area (Å²) < 4.78 is 12.8. The van der Waals surface area contributed by atoms with Gasteiger partial charge in [-0.2, -0.15) is 9.97 Å². The highest BCUT2D eigenvalue weighted by Crippen LogP contribution is 2.36. The normalized spacial score (nSPS) is 12.1. The first-order valence-electron chi connectivity index (χ1n) is 9.84. The lowest BCUT2D eigenvalue weighted by molar-refractivity contribution is 0.174. The standard InChI is InChI=1S/C22H16N8O2/c1-2-4-15(5-3-1)30-12-25-19-20(26-14-6-7-16-17(10-14)32-13-31-16)28-22(29-21(19)30)27-18-8-9-23-11-24-18/h1-12H,13H2,(H2,23,24,26,27,28,29). The molecular weight excluding hydrogens is 408 g/mol. The monoisotopic (exact) mass is 424 g/mol. The van der Waals surface area contributed by atoms with Crippen molar-refractivity contribution in [3.05, 3.63) is 73.4 Å². The zero-order chi connectivity index (χ0) is 21.3. The molecule has 0 amide bonds. The van der Waals surface area contributed by atoms with Gasteiger partial charge in [-0.05, 0) is 30.3 Å². The molecule has 0 atom stereocenters. The van der Waals surface area contributed by atoms with Gasteiger partial charge in [-0.25, -0.2) is 15.0 Å². The van der Waals surface area contributed by atoms with Gasteiger partial charge in [-0.3, -0.25) is 4.57 Å². The Hall–Kier alpha value is -4.73. The molecule has 4 heterocycles. The number of hydrogen-bond acceptors (Lipinski definition) is 9. The van der Waals surface area contributed by atoms with Crippen LogP contribution < -0.4 is 20.1 Å². The molecule has 0 saturated heterocycles. The van der Waals surface area contributed by atoms with E-state index in [4.69, 9.17) is 14.5 Å². The Labute approximate surface area is 181 Å². The molecule has 0 aliphatic carbocycles. The summed E-state index contributed by atoms with van der Waals surface area (Å²) in [4.78, 5) is 22.1. The molecule has 0 unspecified atom stereocenters. The highest BCUT2D eigenvalue weighted by atomic mass is 16.7. The third kappa shape index (κ3) is 3.29. The van der Waals surface area contributed by atoms with Crippen LogP contribution in [0.4, 0.5) is 23.3 Å². The average Bonchev–Trinajstić information content (AvgIpc) is 3.47. The van der Waals surface area contributed by atoms with E-state index < -0.39 is 0 Å². The van der Waals surface area contributed by atoms with Crippen molar-refractivity contribution in [1.82, 2.24) is 29.5 Å². The van der Waals surface area contributed by atoms with Gasteiger partial charge >= 0.3 is 0 Å². The second kappa shape index (κ2) is 7.51. The van der Waals surface area contributed by atoms with Crippen LogP contribution in [0.5, 0.6) is 11.5 Å². The number of anilines is 4. The van der Waals surface area contributed by atoms with Crippen molar-refractivity contribution in [3.63, 3.8) is 0 Å². The fourth-order valence-corrected chi connectivity index (χ4v) is 3.41. The van der Waals surface area contributed by atoms with E-state index in [0.29, 0.717) is 40.2 Å². The Balaban J connectivity index is 1.46. The molecule has 1 aliphatic rings. The lowest BCUT2D eigenvalue weighted by Gasteiger charge is -2.11. The van der Waals surface area contributed by atoms with Crippen molar-refractivity contribution >= 4 is 34.4 Å². The van der Waals surface area contributed by atoms with E-state index in [0.717, 1.165) is 11.4 Å². The van der Waals surface area contributed by atoms with Gasteiger partial charge in [0.1, 0.15) is 18.5 Å². The zero-order valence-electron chi connectivity index (χ0n) is 16.6. The van der Waals surface area contributed by atoms with E-state index in [1.807, 2.05) is 53.1 Å². The number of hydrogen-bond donors (Lipinski definition) is 2. The fraction of sp³-hybridized carbons (Fsp3) is 0.0455. The molecule has 0 bridgehead atoms. The van der Waals surface area contributed by atoms with Crippen LogP contribution in [0, 0.1) is 0 Å². The number of fused-ring (bicyclic) bond motifs is 2. The van der Waals surface area contributed by atoms with Crippen LogP contribution in [-0.2, 0) is 0 Å². The van der Waals surface area contributed by atoms with E-state index in [-0.39, 0.29) is 6.79 Å². The second-order valence-electron chi connectivity index (χ2n) is 6.93. The first kappa shape index (κ1) is 18.1. The van der Waals surface area contributed by atoms with Gasteiger partial charge in [0.25, 0.3) is 0 Å². The predicted molar refractivity (Wildman–Crippen MR) is 118 cm³/mol. The number of nitrogens with zero attached hydrogens (tertiary/aromatic N) is 6. The van der Waals surface area contributed by atoms with Crippen LogP contribution in [0.3, 0.4) is 0 Å². The molecule has 32 heavy (non-hydrogen) atoms. The number of nitrogens with one attached hydrogen (secondary N) is 2. The number of imidazole rings is 1. The molecule has 156 valence electrons. The Morgan fingerprint density at radius 3 is 2.66 bits per heavy atom. The van der Waals surface area contributed by atoms with Crippen LogP contribution in [0.2, 0.25) is 0 Å². The van der Waals surface area contributed by atoms with Crippen molar-refractivity contribution in [3.8, 4) is 17.2 Å². The van der Waals surface area contributed by atoms with Crippen LogP contribution >= 0.6 is 0 Å². The van der Waals surface area contributed by atoms with Crippen LogP contribution in [-0.4, -0.2) is 36.3 Å². The molecule has 5 aromatic rings. The van der Waals surface area contributed by atoms with Gasteiger partial charge in [-0.15, -0.1) is 0 Å². The maximum atomic E-state index is 5.49. The third-order valence-corrected chi connectivity index (χ3v) is 4.89. The van der Waals surface area contributed by atoms with Gasteiger partial charge in [0.05, 0.1) is 0 Å². The van der Waals surface area contributed by atoms with Crippen molar-refractivity contribution in [2.75, 3.05) is 17.4 Å². The molecule has 6 rings (SSSR count). The van der Waals surface area contributed by atoms with Gasteiger partial charge < -0.3 is 20.1 Å². The van der Waals surface area contributed by atoms with E-state index in [1.54, 1.807) is 18.6 Å². The maximum absolute atomic E-state index is 5.49. The van der Waals surface area contributed by atoms with Crippen LogP contribution in [0.25, 0.3) is 16.9 Å². The van der Waals surface area contributed by atoms with Crippen LogP contribution in [0.15, 0.2) is 73.4 Å². The predicted octanol–water partition coefficient (Wildman–Crippen LogP) is 3.82. The minimum atomic E-state index is 0.213. The quantitative estimate of drug-likeness (QED) is 0.435. The second-order valence-corrected chi connectivity index (χ2v) is 6.93. The number of ether oxygens (including phenoxy) is 2. The summed E-state index contributed by atoms with van der Waals surface area (Å²) in [6, 6.07) is 17.2. The molecule has 2 N–H and O–H groups in total. The van der Waals surface area contributed by atoms with Gasteiger partial charge in [-0.1, -0.05) is 18.2 Å². The first-order valence-corrected chi connectivity index (χ1v) is 9.84. The summed E-state index contributed by atoms with van der Waals surface area (Å²) in [5.74, 6) is 2.88. The molecule has 10 nitrogen and oxygen atoms in total. The molecule has 1 aliphatic heterocycles. The molecule has 0 saturated carbocycles. The highest BCUT2D eigenvalue weighted by molar-refractivity contribution is 5.88. The summed E-state index contributed by atoms with van der Waals surface area (Å²) in [5, 5.41) is 6.47. The van der Waals surface area contributed by atoms with E-state index in [2.05, 4.69) is 30.6 Å². The van der Waals surface area contributed by atoms with Gasteiger partial charge in [0, 0.05) is 23.6 Å². The zero-order valence-corrected chi connectivity index (χ0v) is 16.6. The Kier molecular flexibility index (Phi) is 4.24. The summed E-state index contributed by atoms with van der Waals surface area (Å²) >= 11 is 0. The number of rotatable bonds is 5. The van der Waals surface area contributed by atoms with Gasteiger partial charge in [0.2, 0.25) is 12.7 Å². The average molecular weight is 424 g/mol. The van der Waals surface area contributed by atoms with Crippen molar-refractivity contribution in [1.29, 1.82) is 0 Å². The molecule has 2 aromatic carbocycles. The maximum Gasteiger partial charge on any atom is 0.232 e. The molecule has 10 heteroatoms. The van der Waals surface area contributed by atoms with E-state index in [9.17, 15) is 0 Å². The molecular formula is C22H16N8O2. The Bertz CT molecular complexity index is 1410. The topological polar surface area (TPSA) is 112 Å². The van der Waals surface area contributed by atoms with E-state index in [1.165, 1.54) is 6.33 Å². The summed E-state index contributed by atoms with van der Waals surface area (Å²) in [6.45, 7) is 0.213. The first-order chi connectivity index (χ1) is 15.8. The SMILES string of the molecule is c1ccc(-n2cnc3c(Nc4ccc5c(c4)OCO5)nc(Nc4ccncn4)nc32)cc1. The summed E-state index contributed by atoms with van der Waals surface area (Å²) in [7, 11) is 0. The minimum absolute atomic E-state index is 0.213. The lowest BCUT2D eigenvalue weighted by atomic mass is 10.2. The number of para-hydroxylation sites is 1. The molecule has 3 aromatic heterocycles. The summed E-state index contributed by atoms with van der Waals surface area (Å²) in [6.07, 6.45) is 4.84. The largest absolute Gasteiger partial charge is 0.454 e. The molecule has 0 fully saturated rings. The summed E-state index contributed by atoms with van der Waals surface area (Å²) in [5.41, 5.74) is 3.00. The van der Waals surface area contributed by atoms with Gasteiger partial charge in [0.15, 0.2) is 28.5 Å². The van der Waals surface area contributed by atoms with Crippen molar-refractivity contribution < 1.29 is 9.47 Å². The number of benzene rings is 2. The smallest absolute Gasteiger partial charge is 0.232 e. The van der Waals surface area contributed by atoms with E-state index >= 15 is 0 Å². The Morgan fingerprint density at radius 1 is 0.875 bits per heavy atom. The molecule has 0 spiro atoms. The molecule has 0 radical (unpaired) electrons.